The van der Waals surface area contributed by atoms with Crippen LogP contribution in [0.3, 0.4) is 0 Å². The molecule has 1 aromatic heterocycles. The molecule has 3 aromatic carbocycles. The first-order chi connectivity index (χ1) is 16.1. The van der Waals surface area contributed by atoms with Gasteiger partial charge in [0.25, 0.3) is 0 Å². The smallest absolute Gasteiger partial charge is 0.325 e. The van der Waals surface area contributed by atoms with Crippen molar-refractivity contribution in [2.45, 2.75) is 12.6 Å². The minimum absolute atomic E-state index is 0.336. The zero-order valence-electron chi connectivity index (χ0n) is 17.9. The highest BCUT2D eigenvalue weighted by Crippen LogP contribution is 2.36. The topological polar surface area (TPSA) is 97.5 Å². The van der Waals surface area contributed by atoms with E-state index in [4.69, 9.17) is 16.0 Å². The SMILES string of the molecule is COC(=O)C(CO)NCc1ccc(-c2nnc(-c3cccc(-c4ccccc4)c3Cl)o2)cc1. The predicted octanol–water partition coefficient (Wildman–Crippen LogP) is 4.35. The van der Waals surface area contributed by atoms with Gasteiger partial charge in [0, 0.05) is 17.7 Å². The van der Waals surface area contributed by atoms with E-state index in [2.05, 4.69) is 20.3 Å². The van der Waals surface area contributed by atoms with Crippen LogP contribution in [0, 0.1) is 0 Å². The summed E-state index contributed by atoms with van der Waals surface area (Å²) in [5.74, 6) is 0.193. The van der Waals surface area contributed by atoms with Gasteiger partial charge in [-0.3, -0.25) is 10.1 Å². The molecule has 0 aliphatic rings. The summed E-state index contributed by atoms with van der Waals surface area (Å²) in [6.07, 6.45) is 0. The summed E-state index contributed by atoms with van der Waals surface area (Å²) in [6, 6.07) is 22.2. The van der Waals surface area contributed by atoms with Gasteiger partial charge in [0.2, 0.25) is 11.8 Å². The summed E-state index contributed by atoms with van der Waals surface area (Å²) in [5.41, 5.74) is 4.22. The Morgan fingerprint density at radius 2 is 1.67 bits per heavy atom. The molecule has 168 valence electrons. The van der Waals surface area contributed by atoms with E-state index >= 15 is 0 Å². The van der Waals surface area contributed by atoms with Crippen molar-refractivity contribution in [3.8, 4) is 34.0 Å². The zero-order chi connectivity index (χ0) is 23.2. The molecule has 0 saturated carbocycles. The third-order valence-corrected chi connectivity index (χ3v) is 5.57. The zero-order valence-corrected chi connectivity index (χ0v) is 18.6. The van der Waals surface area contributed by atoms with Crippen LogP contribution in [-0.2, 0) is 16.1 Å². The fraction of sp³-hybridized carbons (Fsp3) is 0.160. The first kappa shape index (κ1) is 22.7. The normalized spacial score (nSPS) is 11.8. The molecule has 8 heteroatoms. The minimum Gasteiger partial charge on any atom is -0.468 e. The molecule has 33 heavy (non-hydrogen) atoms. The van der Waals surface area contributed by atoms with Crippen LogP contribution in [0.5, 0.6) is 0 Å². The summed E-state index contributed by atoms with van der Waals surface area (Å²) in [6.45, 7) is 0.0428. The number of carbonyl (C=O) groups is 1. The Hall–Kier alpha value is -3.52. The number of carbonyl (C=O) groups excluding carboxylic acids is 1. The van der Waals surface area contributed by atoms with Crippen molar-refractivity contribution in [3.05, 3.63) is 83.4 Å². The van der Waals surface area contributed by atoms with E-state index < -0.39 is 12.0 Å². The lowest BCUT2D eigenvalue weighted by atomic mass is 10.0. The number of aromatic nitrogens is 2. The van der Waals surface area contributed by atoms with Gasteiger partial charge in [-0.05, 0) is 29.3 Å². The summed E-state index contributed by atoms with van der Waals surface area (Å²) >= 11 is 6.67. The molecule has 0 fully saturated rings. The van der Waals surface area contributed by atoms with Crippen molar-refractivity contribution in [1.29, 1.82) is 0 Å². The highest BCUT2D eigenvalue weighted by Gasteiger charge is 2.18. The maximum Gasteiger partial charge on any atom is 0.325 e. The van der Waals surface area contributed by atoms with Gasteiger partial charge in [-0.1, -0.05) is 66.2 Å². The molecule has 0 aliphatic carbocycles. The first-order valence-electron chi connectivity index (χ1n) is 10.3. The molecule has 0 bridgehead atoms. The number of esters is 1. The van der Waals surface area contributed by atoms with E-state index in [1.165, 1.54) is 7.11 Å². The van der Waals surface area contributed by atoms with Gasteiger partial charge in [-0.15, -0.1) is 10.2 Å². The maximum atomic E-state index is 11.6. The standard InChI is InChI=1S/C25H22ClN3O4/c1-32-25(31)21(15-30)27-14-16-10-12-18(13-11-16)23-28-29-24(33-23)20-9-5-8-19(22(20)26)17-6-3-2-4-7-17/h2-13,21,27,30H,14-15H2,1H3. The fourth-order valence-corrected chi connectivity index (χ4v) is 3.67. The van der Waals surface area contributed by atoms with Crippen LogP contribution >= 0.6 is 11.6 Å². The van der Waals surface area contributed by atoms with Crippen molar-refractivity contribution in [3.63, 3.8) is 0 Å². The Morgan fingerprint density at radius 3 is 2.36 bits per heavy atom. The van der Waals surface area contributed by atoms with Crippen LogP contribution in [0.15, 0.2) is 77.2 Å². The lowest BCUT2D eigenvalue weighted by Crippen LogP contribution is -2.40. The van der Waals surface area contributed by atoms with Crippen LogP contribution in [0.4, 0.5) is 0 Å². The van der Waals surface area contributed by atoms with Gasteiger partial charge in [0.1, 0.15) is 6.04 Å². The monoisotopic (exact) mass is 463 g/mol. The summed E-state index contributed by atoms with van der Waals surface area (Å²) in [5, 5.41) is 21.2. The lowest BCUT2D eigenvalue weighted by Gasteiger charge is -2.13. The van der Waals surface area contributed by atoms with Crippen LogP contribution < -0.4 is 5.32 Å². The van der Waals surface area contributed by atoms with Gasteiger partial charge in [-0.2, -0.15) is 0 Å². The number of nitrogens with one attached hydrogen (secondary N) is 1. The van der Waals surface area contributed by atoms with Gasteiger partial charge in [0.05, 0.1) is 24.3 Å². The van der Waals surface area contributed by atoms with Crippen molar-refractivity contribution < 1.29 is 19.1 Å². The highest BCUT2D eigenvalue weighted by molar-refractivity contribution is 6.35. The van der Waals surface area contributed by atoms with E-state index in [0.717, 1.165) is 22.3 Å². The molecule has 0 radical (unpaired) electrons. The Balaban J connectivity index is 1.51. The highest BCUT2D eigenvalue weighted by atomic mass is 35.5. The Bertz CT molecular complexity index is 1230. The van der Waals surface area contributed by atoms with E-state index in [-0.39, 0.29) is 6.61 Å². The average Bonchev–Trinajstić information content (AvgIpc) is 3.35. The molecule has 4 rings (SSSR count). The van der Waals surface area contributed by atoms with Crippen LogP contribution in [-0.4, -0.2) is 41.0 Å². The van der Waals surface area contributed by atoms with Gasteiger partial charge < -0.3 is 14.3 Å². The second kappa shape index (κ2) is 10.4. The number of ether oxygens (including phenoxy) is 1. The van der Waals surface area contributed by atoms with E-state index in [1.54, 1.807) is 0 Å². The first-order valence-corrected chi connectivity index (χ1v) is 10.7. The van der Waals surface area contributed by atoms with Crippen LogP contribution in [0.1, 0.15) is 5.56 Å². The lowest BCUT2D eigenvalue weighted by molar-refractivity contribution is -0.144. The third-order valence-electron chi connectivity index (χ3n) is 5.16. The van der Waals surface area contributed by atoms with Crippen LogP contribution in [0.2, 0.25) is 5.02 Å². The van der Waals surface area contributed by atoms with Gasteiger partial charge in [-0.25, -0.2) is 0 Å². The summed E-state index contributed by atoms with van der Waals surface area (Å²) in [7, 11) is 1.28. The number of nitrogens with zero attached hydrogens (tertiary/aromatic N) is 2. The molecule has 0 saturated heterocycles. The van der Waals surface area contributed by atoms with Crippen molar-refractivity contribution in [2.24, 2.45) is 0 Å². The fourth-order valence-electron chi connectivity index (χ4n) is 3.36. The number of halogens is 1. The summed E-state index contributed by atoms with van der Waals surface area (Å²) in [4.78, 5) is 11.6. The second-order valence-corrected chi connectivity index (χ2v) is 7.66. The number of hydrogen-bond acceptors (Lipinski definition) is 7. The van der Waals surface area contributed by atoms with Crippen LogP contribution in [0.25, 0.3) is 34.0 Å². The van der Waals surface area contributed by atoms with E-state index in [9.17, 15) is 9.90 Å². The average molecular weight is 464 g/mol. The van der Waals surface area contributed by atoms with Crippen molar-refractivity contribution in [2.75, 3.05) is 13.7 Å². The molecule has 1 atom stereocenters. The number of rotatable bonds is 8. The molecular weight excluding hydrogens is 442 g/mol. The molecule has 0 aliphatic heterocycles. The third kappa shape index (κ3) is 5.12. The molecule has 2 N–H and O–H groups in total. The molecule has 0 amide bonds. The quantitative estimate of drug-likeness (QED) is 0.375. The number of hydrogen-bond donors (Lipinski definition) is 2. The number of aliphatic hydroxyl groups is 1. The molecule has 4 aromatic rings. The number of benzene rings is 3. The van der Waals surface area contributed by atoms with E-state index in [0.29, 0.717) is 28.9 Å². The van der Waals surface area contributed by atoms with Crippen molar-refractivity contribution >= 4 is 17.6 Å². The maximum absolute atomic E-state index is 11.6. The Kier molecular flexibility index (Phi) is 7.14. The molecule has 0 spiro atoms. The Labute approximate surface area is 196 Å². The predicted molar refractivity (Wildman–Crippen MR) is 125 cm³/mol. The molecule has 7 nitrogen and oxygen atoms in total. The van der Waals surface area contributed by atoms with Gasteiger partial charge >= 0.3 is 5.97 Å². The van der Waals surface area contributed by atoms with Gasteiger partial charge in [0.15, 0.2) is 0 Å². The summed E-state index contributed by atoms with van der Waals surface area (Å²) < 4.78 is 10.6. The second-order valence-electron chi connectivity index (χ2n) is 7.28. The minimum atomic E-state index is -0.774. The van der Waals surface area contributed by atoms with Crippen molar-refractivity contribution in [1.82, 2.24) is 15.5 Å². The largest absolute Gasteiger partial charge is 0.468 e. The van der Waals surface area contributed by atoms with E-state index in [1.807, 2.05) is 72.8 Å². The Morgan fingerprint density at radius 1 is 0.970 bits per heavy atom. The molecular formula is C25H22ClN3O4. The molecule has 1 unspecified atom stereocenters. The molecule has 1 heterocycles. The number of methoxy groups -OCH3 is 1. The number of aliphatic hydroxyl groups excluding tert-OH is 1.